The Bertz CT molecular complexity index is 1170. The summed E-state index contributed by atoms with van der Waals surface area (Å²) in [6.07, 6.45) is 2.97. The summed E-state index contributed by atoms with van der Waals surface area (Å²) in [5.41, 5.74) is 3.84. The number of imidazole rings is 1. The van der Waals surface area contributed by atoms with Gasteiger partial charge in [-0.3, -0.25) is 4.79 Å². The largest absolute Gasteiger partial charge is 0.344 e. The van der Waals surface area contributed by atoms with Crippen LogP contribution in [0.4, 0.5) is 0 Å². The molecule has 0 saturated carbocycles. The number of unbranched alkanes of at least 4 members (excludes halogenated alkanes) is 1. The summed E-state index contributed by atoms with van der Waals surface area (Å²) >= 11 is 6.23. The van der Waals surface area contributed by atoms with E-state index in [1.807, 2.05) is 72.8 Å². The second-order valence-corrected chi connectivity index (χ2v) is 8.20. The van der Waals surface area contributed by atoms with Crippen molar-refractivity contribution in [2.75, 3.05) is 0 Å². The Hall–Kier alpha value is -3.37. The average Bonchev–Trinajstić information content (AvgIpc) is 3.29. The number of amides is 1. The number of benzene rings is 3. The van der Waals surface area contributed by atoms with Crippen molar-refractivity contribution in [2.24, 2.45) is 0 Å². The lowest BCUT2D eigenvalue weighted by Gasteiger charge is -2.19. The van der Waals surface area contributed by atoms with E-state index in [0.717, 1.165) is 36.0 Å². The van der Waals surface area contributed by atoms with E-state index in [0.29, 0.717) is 22.2 Å². The van der Waals surface area contributed by atoms with Crippen molar-refractivity contribution in [2.45, 2.75) is 32.2 Å². The average molecular weight is 444 g/mol. The van der Waals surface area contributed by atoms with Crippen molar-refractivity contribution < 1.29 is 4.79 Å². The minimum atomic E-state index is -0.181. The summed E-state index contributed by atoms with van der Waals surface area (Å²) in [4.78, 5) is 21.5. The van der Waals surface area contributed by atoms with Gasteiger partial charge >= 0.3 is 0 Å². The number of aromatic amines is 1. The Morgan fingerprint density at radius 3 is 2.34 bits per heavy atom. The van der Waals surface area contributed by atoms with Crippen LogP contribution in [-0.2, 0) is 0 Å². The van der Waals surface area contributed by atoms with Gasteiger partial charge in [-0.15, -0.1) is 0 Å². The maximum Gasteiger partial charge on any atom is 0.270 e. The van der Waals surface area contributed by atoms with Crippen LogP contribution < -0.4 is 5.32 Å². The van der Waals surface area contributed by atoms with Crippen LogP contribution in [0.15, 0.2) is 84.9 Å². The first-order valence-corrected chi connectivity index (χ1v) is 11.3. The molecule has 0 spiro atoms. The van der Waals surface area contributed by atoms with E-state index in [-0.39, 0.29) is 11.9 Å². The lowest BCUT2D eigenvalue weighted by molar-refractivity contribution is 0.0930. The zero-order valence-corrected chi connectivity index (χ0v) is 18.8. The molecule has 0 aliphatic rings. The maximum absolute atomic E-state index is 13.5. The Morgan fingerprint density at radius 1 is 0.969 bits per heavy atom. The fourth-order valence-corrected chi connectivity index (χ4v) is 3.95. The first kappa shape index (κ1) is 21.8. The SMILES string of the molecule is CCCCC(NC(=O)c1[nH]c(-c2ccccc2)nc1-c1cccc(Cl)c1)c1ccccc1. The topological polar surface area (TPSA) is 57.8 Å². The summed E-state index contributed by atoms with van der Waals surface area (Å²) in [7, 11) is 0. The lowest BCUT2D eigenvalue weighted by Crippen LogP contribution is -2.29. The standard InChI is InChI=1S/C27H26ClN3O/c1-2-3-17-23(19-11-6-4-7-12-19)29-27(32)25-24(21-15-10-16-22(28)18-21)30-26(31-25)20-13-8-5-9-14-20/h4-16,18,23H,2-3,17H2,1H3,(H,29,32)(H,30,31). The van der Waals surface area contributed by atoms with Gasteiger partial charge in [0.05, 0.1) is 6.04 Å². The van der Waals surface area contributed by atoms with Gasteiger partial charge in [0.2, 0.25) is 0 Å². The van der Waals surface area contributed by atoms with Crippen molar-refractivity contribution in [3.8, 4) is 22.6 Å². The summed E-state index contributed by atoms with van der Waals surface area (Å²) < 4.78 is 0. The van der Waals surface area contributed by atoms with Crippen LogP contribution in [0.5, 0.6) is 0 Å². The molecule has 0 aliphatic carbocycles. The summed E-state index contributed by atoms with van der Waals surface area (Å²) in [6.45, 7) is 2.15. The van der Waals surface area contributed by atoms with Crippen molar-refractivity contribution >= 4 is 17.5 Å². The third kappa shape index (κ3) is 5.09. The third-order valence-corrected chi connectivity index (χ3v) is 5.66. The van der Waals surface area contributed by atoms with Gasteiger partial charge in [-0.25, -0.2) is 4.98 Å². The van der Waals surface area contributed by atoms with E-state index in [9.17, 15) is 4.79 Å². The van der Waals surface area contributed by atoms with Crippen LogP contribution in [-0.4, -0.2) is 15.9 Å². The number of carbonyl (C=O) groups is 1. The molecule has 1 heterocycles. The smallest absolute Gasteiger partial charge is 0.270 e. The molecule has 0 saturated heterocycles. The molecule has 5 heteroatoms. The Morgan fingerprint density at radius 2 is 1.66 bits per heavy atom. The van der Waals surface area contributed by atoms with Gasteiger partial charge in [0.25, 0.3) is 5.91 Å². The molecule has 1 amide bonds. The number of hydrogen-bond acceptors (Lipinski definition) is 2. The van der Waals surface area contributed by atoms with E-state index in [4.69, 9.17) is 16.6 Å². The molecule has 32 heavy (non-hydrogen) atoms. The lowest BCUT2D eigenvalue weighted by atomic mass is 10.0. The van der Waals surface area contributed by atoms with Gasteiger partial charge < -0.3 is 10.3 Å². The van der Waals surface area contributed by atoms with Crippen LogP contribution >= 0.6 is 11.6 Å². The molecule has 1 unspecified atom stereocenters. The van der Waals surface area contributed by atoms with Gasteiger partial charge in [0, 0.05) is 16.1 Å². The van der Waals surface area contributed by atoms with E-state index in [1.54, 1.807) is 0 Å². The number of halogens is 1. The van der Waals surface area contributed by atoms with E-state index in [2.05, 4.69) is 29.4 Å². The minimum absolute atomic E-state index is 0.0701. The van der Waals surface area contributed by atoms with Crippen molar-refractivity contribution in [3.05, 3.63) is 101 Å². The van der Waals surface area contributed by atoms with Gasteiger partial charge in [0.1, 0.15) is 17.2 Å². The second kappa shape index (κ2) is 10.3. The highest BCUT2D eigenvalue weighted by Gasteiger charge is 2.22. The van der Waals surface area contributed by atoms with E-state index in [1.165, 1.54) is 0 Å². The first-order chi connectivity index (χ1) is 15.7. The predicted molar refractivity (Wildman–Crippen MR) is 131 cm³/mol. The predicted octanol–water partition coefficient (Wildman–Crippen LogP) is 7.06. The molecule has 3 aromatic carbocycles. The number of H-pyrrole nitrogens is 1. The van der Waals surface area contributed by atoms with Crippen molar-refractivity contribution in [3.63, 3.8) is 0 Å². The molecular formula is C27H26ClN3O. The molecule has 1 aromatic heterocycles. The zero-order chi connectivity index (χ0) is 22.3. The van der Waals surface area contributed by atoms with Crippen LogP contribution in [0.1, 0.15) is 48.3 Å². The van der Waals surface area contributed by atoms with Crippen LogP contribution in [0.3, 0.4) is 0 Å². The molecule has 1 atom stereocenters. The van der Waals surface area contributed by atoms with Crippen molar-refractivity contribution in [1.29, 1.82) is 0 Å². The van der Waals surface area contributed by atoms with Gasteiger partial charge in [-0.1, -0.05) is 104 Å². The quantitative estimate of drug-likeness (QED) is 0.306. The number of carbonyl (C=O) groups excluding carboxylic acids is 1. The normalized spacial score (nSPS) is 11.8. The first-order valence-electron chi connectivity index (χ1n) is 10.9. The Balaban J connectivity index is 1.72. The molecule has 2 N–H and O–H groups in total. The molecule has 0 bridgehead atoms. The molecule has 4 nitrogen and oxygen atoms in total. The highest BCUT2D eigenvalue weighted by Crippen LogP contribution is 2.29. The molecule has 0 fully saturated rings. The van der Waals surface area contributed by atoms with Crippen LogP contribution in [0.2, 0.25) is 5.02 Å². The summed E-state index contributed by atoms with van der Waals surface area (Å²) in [6, 6.07) is 27.2. The number of nitrogens with one attached hydrogen (secondary N) is 2. The van der Waals surface area contributed by atoms with Crippen LogP contribution in [0, 0.1) is 0 Å². The highest BCUT2D eigenvalue weighted by molar-refractivity contribution is 6.30. The summed E-state index contributed by atoms with van der Waals surface area (Å²) in [5.74, 6) is 0.468. The molecule has 162 valence electrons. The molecule has 0 aliphatic heterocycles. The minimum Gasteiger partial charge on any atom is -0.344 e. The van der Waals surface area contributed by atoms with Gasteiger partial charge in [-0.05, 0) is 24.1 Å². The van der Waals surface area contributed by atoms with Gasteiger partial charge in [-0.2, -0.15) is 0 Å². The Kier molecular flexibility index (Phi) is 7.03. The summed E-state index contributed by atoms with van der Waals surface area (Å²) in [5, 5.41) is 3.83. The molecule has 0 radical (unpaired) electrons. The molecular weight excluding hydrogens is 418 g/mol. The Labute approximate surface area is 193 Å². The second-order valence-electron chi connectivity index (χ2n) is 7.76. The number of rotatable bonds is 8. The van der Waals surface area contributed by atoms with Crippen LogP contribution in [0.25, 0.3) is 22.6 Å². The highest BCUT2D eigenvalue weighted by atomic mass is 35.5. The molecule has 4 rings (SSSR count). The third-order valence-electron chi connectivity index (χ3n) is 5.43. The van der Waals surface area contributed by atoms with E-state index >= 15 is 0 Å². The maximum atomic E-state index is 13.5. The fraction of sp³-hybridized carbons (Fsp3) is 0.185. The fourth-order valence-electron chi connectivity index (χ4n) is 3.76. The number of aromatic nitrogens is 2. The van der Waals surface area contributed by atoms with E-state index < -0.39 is 0 Å². The van der Waals surface area contributed by atoms with Gasteiger partial charge in [0.15, 0.2) is 0 Å². The van der Waals surface area contributed by atoms with Crippen molar-refractivity contribution in [1.82, 2.24) is 15.3 Å². The number of hydrogen-bond donors (Lipinski definition) is 2. The number of nitrogens with zero attached hydrogens (tertiary/aromatic N) is 1. The molecule has 4 aromatic rings. The zero-order valence-electron chi connectivity index (χ0n) is 18.0. The monoisotopic (exact) mass is 443 g/mol.